The highest BCUT2D eigenvalue weighted by molar-refractivity contribution is 6.35. The molecule has 0 unspecified atom stereocenters. The van der Waals surface area contributed by atoms with Crippen molar-refractivity contribution in [2.75, 3.05) is 0 Å². The van der Waals surface area contributed by atoms with Crippen LogP contribution in [-0.4, -0.2) is 23.1 Å². The number of amides is 2. The molecule has 21 heavy (non-hydrogen) atoms. The summed E-state index contributed by atoms with van der Waals surface area (Å²) in [5.41, 5.74) is 3.24. The van der Waals surface area contributed by atoms with E-state index in [1.54, 1.807) is 0 Å². The van der Waals surface area contributed by atoms with E-state index in [0.717, 1.165) is 31.4 Å². The van der Waals surface area contributed by atoms with Crippen LogP contribution in [0.5, 0.6) is 0 Å². The molecule has 0 spiro atoms. The second kappa shape index (κ2) is 6.58. The largest absolute Gasteiger partial charge is 0.343 e. The average Bonchev–Trinajstić information content (AvgIpc) is 2.33. The van der Waals surface area contributed by atoms with Crippen molar-refractivity contribution in [3.05, 3.63) is 0 Å². The summed E-state index contributed by atoms with van der Waals surface area (Å²) in [6.07, 6.45) is 3.96. The molecule has 5 nitrogen and oxygen atoms in total. The first-order chi connectivity index (χ1) is 9.49. The normalized spacial score (nSPS) is 19.9. The number of nitrogens with one attached hydrogen (secondary N) is 2. The number of rotatable bonds is 1. The second-order valence-electron chi connectivity index (χ2n) is 7.96. The first-order valence-electron chi connectivity index (χ1n) is 7.67. The zero-order valence-electron chi connectivity index (χ0n) is 14.2. The SMILES string of the molecule is CC(C)(C)NC(=O)C(=O)NN=C1CCC(C(C)(C)C)CC1. The van der Waals surface area contributed by atoms with Crippen LogP contribution in [-0.2, 0) is 9.59 Å². The number of nitrogens with zero attached hydrogens (tertiary/aromatic N) is 1. The van der Waals surface area contributed by atoms with E-state index in [1.165, 1.54) is 0 Å². The number of hydrazone groups is 1. The summed E-state index contributed by atoms with van der Waals surface area (Å²) >= 11 is 0. The lowest BCUT2D eigenvalue weighted by Crippen LogP contribution is -2.47. The first kappa shape index (κ1) is 17.7. The van der Waals surface area contributed by atoms with E-state index in [1.807, 2.05) is 20.8 Å². The van der Waals surface area contributed by atoms with E-state index in [0.29, 0.717) is 11.3 Å². The van der Waals surface area contributed by atoms with Crippen LogP contribution in [0.1, 0.15) is 67.2 Å². The third kappa shape index (κ3) is 6.27. The van der Waals surface area contributed by atoms with Gasteiger partial charge in [0.05, 0.1) is 0 Å². The van der Waals surface area contributed by atoms with Gasteiger partial charge in [-0.1, -0.05) is 20.8 Å². The van der Waals surface area contributed by atoms with E-state index in [9.17, 15) is 9.59 Å². The predicted molar refractivity (Wildman–Crippen MR) is 84.9 cm³/mol. The van der Waals surface area contributed by atoms with Crippen LogP contribution in [0.3, 0.4) is 0 Å². The molecule has 2 N–H and O–H groups in total. The molecule has 120 valence electrons. The topological polar surface area (TPSA) is 70.6 Å². The second-order valence-corrected chi connectivity index (χ2v) is 7.96. The minimum atomic E-state index is -0.699. The lowest BCUT2D eigenvalue weighted by Gasteiger charge is -2.34. The minimum Gasteiger partial charge on any atom is -0.343 e. The van der Waals surface area contributed by atoms with Crippen LogP contribution in [0, 0.1) is 11.3 Å². The summed E-state index contributed by atoms with van der Waals surface area (Å²) in [7, 11) is 0. The van der Waals surface area contributed by atoms with Crippen LogP contribution in [0.15, 0.2) is 5.10 Å². The van der Waals surface area contributed by atoms with Crippen molar-refractivity contribution in [3.63, 3.8) is 0 Å². The van der Waals surface area contributed by atoms with Crippen LogP contribution in [0.25, 0.3) is 0 Å². The van der Waals surface area contributed by atoms with Crippen molar-refractivity contribution in [1.29, 1.82) is 0 Å². The summed E-state index contributed by atoms with van der Waals surface area (Å²) in [5, 5.41) is 6.72. The Kier molecular flexibility index (Phi) is 5.54. The summed E-state index contributed by atoms with van der Waals surface area (Å²) in [5.74, 6) is -0.651. The molecule has 0 aromatic rings. The Hall–Kier alpha value is -1.39. The van der Waals surface area contributed by atoms with Gasteiger partial charge in [-0.2, -0.15) is 5.10 Å². The average molecular weight is 295 g/mol. The Labute approximate surface area is 127 Å². The van der Waals surface area contributed by atoms with Gasteiger partial charge in [-0.25, -0.2) is 5.43 Å². The standard InChI is InChI=1S/C16H29N3O2/c1-15(2,3)11-7-9-12(10-8-11)18-19-14(21)13(20)17-16(4,5)6/h11H,7-10H2,1-6H3,(H,17,20)(H,19,21). The summed E-state index contributed by atoms with van der Waals surface area (Å²) in [6, 6.07) is 0. The first-order valence-corrected chi connectivity index (χ1v) is 7.67. The Morgan fingerprint density at radius 3 is 1.95 bits per heavy atom. The lowest BCUT2D eigenvalue weighted by atomic mass is 9.72. The van der Waals surface area contributed by atoms with Gasteiger partial charge in [-0.15, -0.1) is 0 Å². The van der Waals surface area contributed by atoms with Gasteiger partial charge in [0.2, 0.25) is 0 Å². The van der Waals surface area contributed by atoms with E-state index < -0.39 is 17.4 Å². The predicted octanol–water partition coefficient (Wildman–Crippen LogP) is 2.61. The fourth-order valence-corrected chi connectivity index (χ4v) is 2.51. The van der Waals surface area contributed by atoms with E-state index in [4.69, 9.17) is 0 Å². The maximum absolute atomic E-state index is 11.7. The highest BCUT2D eigenvalue weighted by atomic mass is 16.2. The molecule has 1 aliphatic carbocycles. The summed E-state index contributed by atoms with van der Waals surface area (Å²) < 4.78 is 0. The molecule has 2 amide bonds. The van der Waals surface area contributed by atoms with Crippen molar-refractivity contribution in [3.8, 4) is 0 Å². The molecule has 1 rings (SSSR count). The van der Waals surface area contributed by atoms with Crippen molar-refractivity contribution < 1.29 is 9.59 Å². The molecule has 1 fully saturated rings. The quantitative estimate of drug-likeness (QED) is 0.576. The van der Waals surface area contributed by atoms with Gasteiger partial charge in [0.1, 0.15) is 0 Å². The fraction of sp³-hybridized carbons (Fsp3) is 0.812. The molecule has 0 aliphatic heterocycles. The number of carbonyl (C=O) groups excluding carboxylic acids is 2. The molecular formula is C16H29N3O2. The molecule has 0 heterocycles. The smallest absolute Gasteiger partial charge is 0.329 e. The van der Waals surface area contributed by atoms with E-state index >= 15 is 0 Å². The monoisotopic (exact) mass is 295 g/mol. The van der Waals surface area contributed by atoms with Crippen molar-refractivity contribution in [2.24, 2.45) is 16.4 Å². The molecule has 0 saturated heterocycles. The molecule has 1 aliphatic rings. The van der Waals surface area contributed by atoms with Crippen LogP contribution in [0.2, 0.25) is 0 Å². The maximum Gasteiger partial charge on any atom is 0.329 e. The Morgan fingerprint density at radius 2 is 1.52 bits per heavy atom. The van der Waals surface area contributed by atoms with Crippen LogP contribution >= 0.6 is 0 Å². The molecule has 0 bridgehead atoms. The lowest BCUT2D eigenvalue weighted by molar-refractivity contribution is -0.140. The van der Waals surface area contributed by atoms with E-state index in [2.05, 4.69) is 36.6 Å². The fourth-order valence-electron chi connectivity index (χ4n) is 2.51. The molecule has 0 aromatic carbocycles. The van der Waals surface area contributed by atoms with Gasteiger partial charge in [0.25, 0.3) is 0 Å². The molecule has 5 heteroatoms. The highest BCUT2D eigenvalue weighted by Gasteiger charge is 2.28. The summed E-state index contributed by atoms with van der Waals surface area (Å²) in [6.45, 7) is 12.3. The van der Waals surface area contributed by atoms with E-state index in [-0.39, 0.29) is 0 Å². The molecule has 0 atom stereocenters. The molecular weight excluding hydrogens is 266 g/mol. The third-order valence-corrected chi connectivity index (χ3v) is 3.80. The Balaban J connectivity index is 2.45. The zero-order valence-corrected chi connectivity index (χ0v) is 14.2. The van der Waals surface area contributed by atoms with Crippen molar-refractivity contribution in [1.82, 2.24) is 10.7 Å². The third-order valence-electron chi connectivity index (χ3n) is 3.80. The van der Waals surface area contributed by atoms with Crippen LogP contribution < -0.4 is 10.7 Å². The maximum atomic E-state index is 11.7. The highest BCUT2D eigenvalue weighted by Crippen LogP contribution is 2.36. The van der Waals surface area contributed by atoms with Crippen molar-refractivity contribution >= 4 is 17.5 Å². The van der Waals surface area contributed by atoms with Crippen LogP contribution in [0.4, 0.5) is 0 Å². The molecule has 1 saturated carbocycles. The van der Waals surface area contributed by atoms with Gasteiger partial charge >= 0.3 is 11.8 Å². The van der Waals surface area contributed by atoms with Gasteiger partial charge in [0.15, 0.2) is 0 Å². The number of carbonyl (C=O) groups is 2. The summed E-state index contributed by atoms with van der Waals surface area (Å²) in [4.78, 5) is 23.3. The Morgan fingerprint density at radius 1 is 1.00 bits per heavy atom. The van der Waals surface area contributed by atoms with Gasteiger partial charge in [0, 0.05) is 11.3 Å². The molecule has 0 aromatic heterocycles. The molecule has 0 radical (unpaired) electrons. The van der Waals surface area contributed by atoms with Gasteiger partial charge in [-0.05, 0) is 57.8 Å². The van der Waals surface area contributed by atoms with Gasteiger partial charge < -0.3 is 5.32 Å². The Bertz CT molecular complexity index is 418. The minimum absolute atomic E-state index is 0.321. The zero-order chi connectivity index (χ0) is 16.3. The van der Waals surface area contributed by atoms with Gasteiger partial charge in [-0.3, -0.25) is 9.59 Å². The number of hydrogen-bond donors (Lipinski definition) is 2. The van der Waals surface area contributed by atoms with Crippen molar-refractivity contribution in [2.45, 2.75) is 72.8 Å². The number of hydrogen-bond acceptors (Lipinski definition) is 3.